The molecule has 0 aliphatic carbocycles. The van der Waals surface area contributed by atoms with Crippen LogP contribution in [0.1, 0.15) is 56.2 Å². The van der Waals surface area contributed by atoms with Gasteiger partial charge in [-0.1, -0.05) is 57.1 Å². The zero-order chi connectivity index (χ0) is 22.0. The number of nitrogens with zero attached hydrogens (tertiary/aromatic N) is 2. The Labute approximate surface area is 194 Å². The largest absolute Gasteiger partial charge is 0.341 e. The molecule has 4 rings (SSSR count). The number of rotatable bonds is 5. The van der Waals surface area contributed by atoms with E-state index in [0.29, 0.717) is 19.0 Å². The predicted molar refractivity (Wildman–Crippen MR) is 129 cm³/mol. The first-order valence-corrected chi connectivity index (χ1v) is 11.1. The summed E-state index contributed by atoms with van der Waals surface area (Å²) in [6.07, 6.45) is 1.80. The van der Waals surface area contributed by atoms with Crippen LogP contribution in [0.3, 0.4) is 0 Å². The third kappa shape index (κ3) is 5.13. The van der Waals surface area contributed by atoms with Crippen LogP contribution in [0.15, 0.2) is 48.5 Å². The van der Waals surface area contributed by atoms with Crippen LogP contribution >= 0.6 is 11.6 Å². The number of carbonyl (C=O) groups is 2. The summed E-state index contributed by atoms with van der Waals surface area (Å²) in [5.74, 6) is 0.216. The van der Waals surface area contributed by atoms with Gasteiger partial charge in [0.2, 0.25) is 5.91 Å². The van der Waals surface area contributed by atoms with E-state index in [2.05, 4.69) is 27.4 Å². The Morgan fingerprint density at radius 3 is 2.38 bits per heavy atom. The van der Waals surface area contributed by atoms with Gasteiger partial charge in [-0.25, -0.2) is 4.98 Å². The average molecular weight is 455 g/mol. The fraction of sp³-hybridized carbons (Fsp3) is 0.400. The number of hydrogen-bond acceptors (Lipinski definition) is 3. The molecule has 2 amide bonds. The maximum atomic E-state index is 13.2. The molecule has 2 heterocycles. The third-order valence-corrected chi connectivity index (χ3v) is 6.22. The Hall–Kier alpha value is -2.86. The quantitative estimate of drug-likeness (QED) is 0.568. The number of hydrogen-bond donors (Lipinski definition) is 2. The number of fused-ring (bicyclic) bond motifs is 1. The van der Waals surface area contributed by atoms with Crippen molar-refractivity contribution in [1.29, 1.82) is 0 Å². The van der Waals surface area contributed by atoms with E-state index in [4.69, 9.17) is 11.6 Å². The maximum Gasteiger partial charge on any atom is 0.287 e. The fourth-order valence-corrected chi connectivity index (χ4v) is 4.27. The Morgan fingerprint density at radius 1 is 1.09 bits per heavy atom. The number of H-pyrrole nitrogens is 1. The summed E-state index contributed by atoms with van der Waals surface area (Å²) in [6, 6.07) is 14.8. The lowest BCUT2D eigenvalue weighted by atomic mass is 9.89. The van der Waals surface area contributed by atoms with Crippen LogP contribution < -0.4 is 5.32 Å². The van der Waals surface area contributed by atoms with Crippen LogP contribution in [-0.2, 0) is 4.79 Å². The average Bonchev–Trinajstić information content (AvgIpc) is 3.22. The van der Waals surface area contributed by atoms with Crippen molar-refractivity contribution in [3.8, 4) is 0 Å². The number of nitrogens with one attached hydrogen (secondary N) is 2. The minimum atomic E-state index is -0.590. The van der Waals surface area contributed by atoms with Crippen LogP contribution in [0.25, 0.3) is 11.0 Å². The van der Waals surface area contributed by atoms with Crippen molar-refractivity contribution in [2.24, 2.45) is 5.92 Å². The molecular weight excluding hydrogens is 424 g/mol. The molecular formula is C25H31ClN4O2. The minimum Gasteiger partial charge on any atom is -0.341 e. The normalized spacial score (nSPS) is 15.4. The van der Waals surface area contributed by atoms with Crippen molar-refractivity contribution in [2.45, 2.75) is 46.1 Å². The number of imidazole rings is 1. The Bertz CT molecular complexity index is 1040. The molecule has 2 aromatic carbocycles. The molecule has 1 aliphatic rings. The SMILES string of the molecule is C.CC(C)[C@@H](NC(=O)c1nc2ccccc2[nH]1)C(=O)N1CCC(c2ccc(Cl)cc2)CC1. The number of amides is 2. The highest BCUT2D eigenvalue weighted by atomic mass is 35.5. The number of para-hydroxylation sites is 2. The first-order chi connectivity index (χ1) is 14.9. The number of carbonyl (C=O) groups excluding carboxylic acids is 2. The van der Waals surface area contributed by atoms with Crippen LogP contribution in [0.2, 0.25) is 5.02 Å². The van der Waals surface area contributed by atoms with Gasteiger partial charge in [0.1, 0.15) is 6.04 Å². The van der Waals surface area contributed by atoms with Crippen molar-refractivity contribution in [3.05, 3.63) is 64.9 Å². The summed E-state index contributed by atoms with van der Waals surface area (Å²) in [5.41, 5.74) is 2.78. The van der Waals surface area contributed by atoms with Crippen molar-refractivity contribution in [3.63, 3.8) is 0 Å². The van der Waals surface area contributed by atoms with E-state index < -0.39 is 6.04 Å². The molecule has 1 atom stereocenters. The Balaban J connectivity index is 0.00000289. The van der Waals surface area contributed by atoms with Crippen molar-refractivity contribution in [2.75, 3.05) is 13.1 Å². The summed E-state index contributed by atoms with van der Waals surface area (Å²) in [4.78, 5) is 35.3. The van der Waals surface area contributed by atoms with E-state index in [1.165, 1.54) is 5.56 Å². The number of aromatic amines is 1. The van der Waals surface area contributed by atoms with Gasteiger partial charge in [-0.05, 0) is 54.5 Å². The lowest BCUT2D eigenvalue weighted by molar-refractivity contribution is -0.135. The molecule has 0 bridgehead atoms. The summed E-state index contributed by atoms with van der Waals surface area (Å²) >= 11 is 5.99. The number of piperidine rings is 1. The number of halogens is 1. The summed E-state index contributed by atoms with van der Waals surface area (Å²) in [6.45, 7) is 5.25. The zero-order valence-electron chi connectivity index (χ0n) is 17.8. The van der Waals surface area contributed by atoms with Gasteiger partial charge >= 0.3 is 0 Å². The van der Waals surface area contributed by atoms with Gasteiger partial charge in [0.05, 0.1) is 11.0 Å². The van der Waals surface area contributed by atoms with E-state index in [-0.39, 0.29) is 31.0 Å². The molecule has 32 heavy (non-hydrogen) atoms. The van der Waals surface area contributed by atoms with Gasteiger partial charge in [0, 0.05) is 18.1 Å². The van der Waals surface area contributed by atoms with Crippen molar-refractivity contribution >= 4 is 34.4 Å². The highest BCUT2D eigenvalue weighted by molar-refractivity contribution is 6.30. The van der Waals surface area contributed by atoms with Gasteiger partial charge < -0.3 is 15.2 Å². The molecule has 0 spiro atoms. The Morgan fingerprint density at radius 2 is 1.75 bits per heavy atom. The minimum absolute atomic E-state index is 0. The van der Waals surface area contributed by atoms with E-state index in [0.717, 1.165) is 28.9 Å². The first kappa shape index (κ1) is 23.8. The highest BCUT2D eigenvalue weighted by Crippen LogP contribution is 2.29. The summed E-state index contributed by atoms with van der Waals surface area (Å²) in [5, 5.41) is 3.63. The van der Waals surface area contributed by atoms with Gasteiger partial charge in [0.15, 0.2) is 5.82 Å². The van der Waals surface area contributed by atoms with Gasteiger partial charge in [-0.2, -0.15) is 0 Å². The van der Waals surface area contributed by atoms with Crippen LogP contribution in [0.4, 0.5) is 0 Å². The molecule has 1 fully saturated rings. The van der Waals surface area contributed by atoms with Gasteiger partial charge in [-0.3, -0.25) is 9.59 Å². The van der Waals surface area contributed by atoms with Gasteiger partial charge in [0.25, 0.3) is 5.91 Å². The molecule has 170 valence electrons. The van der Waals surface area contributed by atoms with Crippen molar-refractivity contribution in [1.82, 2.24) is 20.2 Å². The predicted octanol–water partition coefficient (Wildman–Crippen LogP) is 5.01. The molecule has 6 nitrogen and oxygen atoms in total. The number of aromatic nitrogens is 2. The molecule has 1 saturated heterocycles. The topological polar surface area (TPSA) is 78.1 Å². The molecule has 0 saturated carbocycles. The molecule has 1 aromatic heterocycles. The molecule has 3 aromatic rings. The van der Waals surface area contributed by atoms with Crippen molar-refractivity contribution < 1.29 is 9.59 Å². The second-order valence-electron chi connectivity index (χ2n) is 8.45. The summed E-state index contributed by atoms with van der Waals surface area (Å²) in [7, 11) is 0. The summed E-state index contributed by atoms with van der Waals surface area (Å²) < 4.78 is 0. The van der Waals surface area contributed by atoms with E-state index in [9.17, 15) is 9.59 Å². The molecule has 2 N–H and O–H groups in total. The monoisotopic (exact) mass is 454 g/mol. The number of benzene rings is 2. The first-order valence-electron chi connectivity index (χ1n) is 10.7. The second kappa shape index (κ2) is 10.2. The van der Waals surface area contributed by atoms with E-state index in [1.807, 2.05) is 55.1 Å². The van der Waals surface area contributed by atoms with E-state index in [1.54, 1.807) is 0 Å². The zero-order valence-corrected chi connectivity index (χ0v) is 18.5. The lowest BCUT2D eigenvalue weighted by Gasteiger charge is -2.35. The highest BCUT2D eigenvalue weighted by Gasteiger charge is 2.32. The van der Waals surface area contributed by atoms with E-state index >= 15 is 0 Å². The standard InChI is InChI=1S/C24H27ClN4O2.CH4/c1-15(2)21(28-23(30)22-26-19-5-3-4-6-20(19)27-22)24(31)29-13-11-17(12-14-29)16-7-9-18(25)10-8-16;/h3-10,15,17,21H,11-14H2,1-2H3,(H,26,27)(H,28,30);1H4/t21-;/m1./s1. The van der Waals surface area contributed by atoms with Crippen LogP contribution in [0, 0.1) is 5.92 Å². The second-order valence-corrected chi connectivity index (χ2v) is 8.89. The lowest BCUT2D eigenvalue weighted by Crippen LogP contribution is -2.53. The van der Waals surface area contributed by atoms with Gasteiger partial charge in [-0.15, -0.1) is 0 Å². The smallest absolute Gasteiger partial charge is 0.287 e. The molecule has 0 radical (unpaired) electrons. The fourth-order valence-electron chi connectivity index (χ4n) is 4.15. The van der Waals surface area contributed by atoms with Crippen LogP contribution in [-0.4, -0.2) is 45.8 Å². The van der Waals surface area contributed by atoms with Crippen LogP contribution in [0.5, 0.6) is 0 Å². The molecule has 1 aliphatic heterocycles. The number of likely N-dealkylation sites (tertiary alicyclic amines) is 1. The maximum absolute atomic E-state index is 13.2. The Kier molecular flexibility index (Phi) is 7.56. The third-order valence-electron chi connectivity index (χ3n) is 5.97. The molecule has 7 heteroatoms. The molecule has 0 unspecified atom stereocenters.